The topological polar surface area (TPSA) is 105 Å². The number of aromatic carboxylic acids is 1. The quantitative estimate of drug-likeness (QED) is 0.752. The van der Waals surface area contributed by atoms with Crippen LogP contribution < -0.4 is 10.6 Å². The lowest BCUT2D eigenvalue weighted by atomic mass is 10.1. The van der Waals surface area contributed by atoms with E-state index in [1.807, 2.05) is 0 Å². The Morgan fingerprint density at radius 3 is 2.56 bits per heavy atom. The first-order chi connectivity index (χ1) is 12.9. The van der Waals surface area contributed by atoms with Gasteiger partial charge in [-0.05, 0) is 55.7 Å². The summed E-state index contributed by atoms with van der Waals surface area (Å²) in [5.41, 5.74) is 1.97. The van der Waals surface area contributed by atoms with Gasteiger partial charge in [-0.15, -0.1) is 0 Å². The summed E-state index contributed by atoms with van der Waals surface area (Å²) in [6, 6.07) is 11.2. The fourth-order valence-electron chi connectivity index (χ4n) is 2.88. The predicted molar refractivity (Wildman–Crippen MR) is 100 cm³/mol. The number of carbonyl (C=O) groups is 3. The van der Waals surface area contributed by atoms with Gasteiger partial charge in [-0.25, -0.2) is 4.79 Å². The number of carbonyl (C=O) groups excluding carboxylic acids is 2. The molecule has 0 bridgehead atoms. The number of benzene rings is 2. The number of carboxylic acid groups (broad SMARTS) is 1. The van der Waals surface area contributed by atoms with Gasteiger partial charge in [0.25, 0.3) is 11.8 Å². The molecule has 2 aromatic carbocycles. The molecular weight excluding hydrogens is 348 g/mol. The molecule has 1 atom stereocenters. The smallest absolute Gasteiger partial charge is 0.336 e. The molecule has 3 N–H and O–H groups in total. The molecule has 3 rings (SSSR count). The zero-order valence-corrected chi connectivity index (χ0v) is 14.8. The van der Waals surface area contributed by atoms with E-state index in [9.17, 15) is 19.5 Å². The third-order valence-electron chi connectivity index (χ3n) is 4.34. The Kier molecular flexibility index (Phi) is 5.52. The molecule has 140 valence electrons. The van der Waals surface area contributed by atoms with Gasteiger partial charge in [-0.3, -0.25) is 9.59 Å². The minimum absolute atomic E-state index is 0.130. The molecule has 2 aromatic rings. The molecule has 1 saturated heterocycles. The summed E-state index contributed by atoms with van der Waals surface area (Å²) in [6.45, 7) is 2.27. The van der Waals surface area contributed by atoms with Crippen LogP contribution in [0.2, 0.25) is 0 Å². The van der Waals surface area contributed by atoms with Gasteiger partial charge in [-0.2, -0.15) is 0 Å². The van der Waals surface area contributed by atoms with Crippen LogP contribution in [0.4, 0.5) is 11.4 Å². The minimum Gasteiger partial charge on any atom is -0.478 e. The maximum atomic E-state index is 12.5. The molecule has 0 aliphatic carbocycles. The molecule has 0 radical (unpaired) electrons. The van der Waals surface area contributed by atoms with Gasteiger partial charge in [0.15, 0.2) is 0 Å². The molecule has 2 amide bonds. The van der Waals surface area contributed by atoms with Crippen molar-refractivity contribution in [2.45, 2.75) is 25.9 Å². The lowest BCUT2D eigenvalue weighted by Crippen LogP contribution is -2.27. The zero-order valence-electron chi connectivity index (χ0n) is 14.8. The van der Waals surface area contributed by atoms with E-state index in [1.165, 1.54) is 6.07 Å². The summed E-state index contributed by atoms with van der Waals surface area (Å²) >= 11 is 0. The second kappa shape index (κ2) is 8.01. The summed E-state index contributed by atoms with van der Waals surface area (Å²) < 4.78 is 5.34. The van der Waals surface area contributed by atoms with Gasteiger partial charge in [0, 0.05) is 23.5 Å². The Hall–Kier alpha value is -3.19. The molecule has 7 nitrogen and oxygen atoms in total. The van der Waals surface area contributed by atoms with Crippen molar-refractivity contribution >= 4 is 29.2 Å². The van der Waals surface area contributed by atoms with Crippen LogP contribution in [-0.4, -0.2) is 35.6 Å². The maximum absolute atomic E-state index is 12.5. The zero-order chi connectivity index (χ0) is 19.4. The monoisotopic (exact) mass is 368 g/mol. The number of ether oxygens (including phenoxy) is 1. The lowest BCUT2D eigenvalue weighted by molar-refractivity contribution is -0.124. The van der Waals surface area contributed by atoms with Crippen molar-refractivity contribution in [2.75, 3.05) is 17.2 Å². The first-order valence-electron chi connectivity index (χ1n) is 8.62. The average molecular weight is 368 g/mol. The summed E-state index contributed by atoms with van der Waals surface area (Å²) in [5.74, 6) is -1.68. The first-order valence-corrected chi connectivity index (χ1v) is 8.62. The highest BCUT2D eigenvalue weighted by atomic mass is 16.5. The number of amides is 2. The van der Waals surface area contributed by atoms with Crippen LogP contribution in [0.15, 0.2) is 42.5 Å². The van der Waals surface area contributed by atoms with E-state index in [0.29, 0.717) is 35.5 Å². The average Bonchev–Trinajstić information content (AvgIpc) is 3.18. The molecular formula is C20H20N2O5. The molecule has 1 aliphatic rings. The number of hydrogen-bond acceptors (Lipinski definition) is 4. The maximum Gasteiger partial charge on any atom is 0.336 e. The summed E-state index contributed by atoms with van der Waals surface area (Å²) in [4.78, 5) is 35.8. The molecule has 1 aliphatic heterocycles. The van der Waals surface area contributed by atoms with Crippen LogP contribution in [-0.2, 0) is 9.53 Å². The van der Waals surface area contributed by atoms with Crippen molar-refractivity contribution in [1.82, 2.24) is 0 Å². The second-order valence-electron chi connectivity index (χ2n) is 6.36. The second-order valence-corrected chi connectivity index (χ2v) is 6.36. The van der Waals surface area contributed by atoms with Crippen LogP contribution in [0, 0.1) is 6.92 Å². The molecule has 1 heterocycles. The van der Waals surface area contributed by atoms with E-state index in [0.717, 1.165) is 6.42 Å². The number of hydrogen-bond donors (Lipinski definition) is 3. The van der Waals surface area contributed by atoms with Crippen LogP contribution in [0.3, 0.4) is 0 Å². The number of carboxylic acids is 1. The molecule has 1 fully saturated rings. The normalized spacial score (nSPS) is 16.0. The highest BCUT2D eigenvalue weighted by Gasteiger charge is 2.23. The SMILES string of the molecule is Cc1ccc(NC(=O)c2cccc(NC(=O)C3CCCO3)c2)cc1C(=O)O. The highest BCUT2D eigenvalue weighted by molar-refractivity contribution is 6.06. The van der Waals surface area contributed by atoms with E-state index in [1.54, 1.807) is 43.3 Å². The van der Waals surface area contributed by atoms with Gasteiger partial charge in [0.05, 0.1) is 5.56 Å². The third kappa shape index (κ3) is 4.51. The predicted octanol–water partition coefficient (Wildman–Crippen LogP) is 3.06. The van der Waals surface area contributed by atoms with Crippen LogP contribution in [0.25, 0.3) is 0 Å². The Morgan fingerprint density at radius 1 is 1.07 bits per heavy atom. The molecule has 0 spiro atoms. The molecule has 1 unspecified atom stereocenters. The number of rotatable bonds is 5. The molecule has 7 heteroatoms. The minimum atomic E-state index is -1.05. The van der Waals surface area contributed by atoms with Crippen molar-refractivity contribution < 1.29 is 24.2 Å². The van der Waals surface area contributed by atoms with Crippen molar-refractivity contribution in [3.8, 4) is 0 Å². The van der Waals surface area contributed by atoms with Crippen molar-refractivity contribution in [3.05, 3.63) is 59.2 Å². The molecule has 0 aromatic heterocycles. The first kappa shape index (κ1) is 18.6. The lowest BCUT2D eigenvalue weighted by Gasteiger charge is -2.12. The Labute approximate surface area is 156 Å². The van der Waals surface area contributed by atoms with E-state index in [2.05, 4.69) is 10.6 Å². The van der Waals surface area contributed by atoms with Gasteiger partial charge >= 0.3 is 5.97 Å². The van der Waals surface area contributed by atoms with Crippen molar-refractivity contribution in [1.29, 1.82) is 0 Å². The Balaban J connectivity index is 1.71. The van der Waals surface area contributed by atoms with Gasteiger partial charge in [-0.1, -0.05) is 12.1 Å². The highest BCUT2D eigenvalue weighted by Crippen LogP contribution is 2.19. The van der Waals surface area contributed by atoms with Crippen LogP contribution >= 0.6 is 0 Å². The Morgan fingerprint density at radius 2 is 1.85 bits per heavy atom. The number of anilines is 2. The fraction of sp³-hybridized carbons (Fsp3) is 0.250. The van der Waals surface area contributed by atoms with E-state index in [4.69, 9.17) is 4.74 Å². The van der Waals surface area contributed by atoms with Crippen molar-refractivity contribution in [3.63, 3.8) is 0 Å². The number of aryl methyl sites for hydroxylation is 1. The van der Waals surface area contributed by atoms with E-state index < -0.39 is 18.0 Å². The van der Waals surface area contributed by atoms with Crippen molar-refractivity contribution in [2.24, 2.45) is 0 Å². The Bertz CT molecular complexity index is 888. The largest absolute Gasteiger partial charge is 0.478 e. The van der Waals surface area contributed by atoms with Gasteiger partial charge < -0.3 is 20.5 Å². The summed E-state index contributed by atoms with van der Waals surface area (Å²) in [7, 11) is 0. The standard InChI is InChI=1S/C20H20N2O5/c1-12-7-8-15(11-16(12)20(25)26)21-18(23)13-4-2-5-14(10-13)22-19(24)17-6-3-9-27-17/h2,4-5,7-8,10-11,17H,3,6,9H2,1H3,(H,21,23)(H,22,24)(H,25,26). The molecule has 0 saturated carbocycles. The third-order valence-corrected chi connectivity index (χ3v) is 4.34. The summed E-state index contributed by atoms with van der Waals surface area (Å²) in [6.07, 6.45) is 1.09. The van der Waals surface area contributed by atoms with Gasteiger partial charge in [0.2, 0.25) is 0 Å². The number of nitrogens with one attached hydrogen (secondary N) is 2. The van der Waals surface area contributed by atoms with Crippen LogP contribution in [0.1, 0.15) is 39.1 Å². The van der Waals surface area contributed by atoms with E-state index in [-0.39, 0.29) is 11.5 Å². The summed E-state index contributed by atoms with van der Waals surface area (Å²) in [5, 5.41) is 14.6. The molecule has 27 heavy (non-hydrogen) atoms. The van der Waals surface area contributed by atoms with Crippen LogP contribution in [0.5, 0.6) is 0 Å². The fourth-order valence-corrected chi connectivity index (χ4v) is 2.88. The van der Waals surface area contributed by atoms with Gasteiger partial charge in [0.1, 0.15) is 6.10 Å². The van der Waals surface area contributed by atoms with E-state index >= 15 is 0 Å².